The largest absolute Gasteiger partial charge is 0.507 e. The maximum Gasteiger partial charge on any atom is 0.195 e. The van der Waals surface area contributed by atoms with Gasteiger partial charge in [0.2, 0.25) is 0 Å². The Bertz CT molecular complexity index is 601. The average molecular weight is 263 g/mol. The van der Waals surface area contributed by atoms with Crippen LogP contribution in [0.15, 0.2) is 18.2 Å². The molecule has 2 N–H and O–H groups in total. The van der Waals surface area contributed by atoms with Gasteiger partial charge in [0, 0.05) is 6.54 Å². The molecule has 1 aromatic heterocycles. The first kappa shape index (κ1) is 12.8. The molecule has 2 aromatic rings. The second-order valence-electron chi connectivity index (χ2n) is 4.38. The number of aromatic amines is 1. The maximum atomic E-state index is 10.0. The first-order valence-corrected chi connectivity index (χ1v) is 6.49. The fourth-order valence-electron chi connectivity index (χ4n) is 1.88. The van der Waals surface area contributed by atoms with Crippen LogP contribution >= 0.6 is 12.2 Å². The number of aromatic hydroxyl groups is 1. The zero-order valence-corrected chi connectivity index (χ0v) is 11.4. The van der Waals surface area contributed by atoms with Gasteiger partial charge >= 0.3 is 0 Å². The van der Waals surface area contributed by atoms with Crippen LogP contribution in [-0.2, 0) is 6.54 Å². The number of nitrogens with zero attached hydrogens (tertiary/aromatic N) is 2. The number of benzene rings is 1. The van der Waals surface area contributed by atoms with E-state index in [1.807, 2.05) is 23.6 Å². The van der Waals surface area contributed by atoms with Gasteiger partial charge in [0.05, 0.1) is 5.56 Å². The van der Waals surface area contributed by atoms with Crippen molar-refractivity contribution < 1.29 is 5.11 Å². The summed E-state index contributed by atoms with van der Waals surface area (Å²) in [5, 5.41) is 17.0. The fraction of sp³-hybridized carbons (Fsp3) is 0.385. The first-order chi connectivity index (χ1) is 8.63. The van der Waals surface area contributed by atoms with Crippen molar-refractivity contribution in [3.63, 3.8) is 0 Å². The predicted molar refractivity (Wildman–Crippen MR) is 74.2 cm³/mol. The van der Waals surface area contributed by atoms with E-state index < -0.39 is 0 Å². The van der Waals surface area contributed by atoms with Gasteiger partial charge in [-0.3, -0.25) is 5.10 Å². The molecule has 0 unspecified atom stereocenters. The van der Waals surface area contributed by atoms with E-state index in [9.17, 15) is 5.11 Å². The Kier molecular flexibility index (Phi) is 3.81. The van der Waals surface area contributed by atoms with Crippen LogP contribution in [0.5, 0.6) is 5.75 Å². The number of hydrogen-bond acceptors (Lipinski definition) is 3. The standard InChI is InChI=1S/C13H17N3OS/c1-3-4-7-16-12(14-15-13(16)18)10-6-5-9(2)8-11(10)17/h5-6,8,17H,3-4,7H2,1-2H3,(H,15,18). The molecule has 0 aliphatic heterocycles. The summed E-state index contributed by atoms with van der Waals surface area (Å²) in [6.07, 6.45) is 2.12. The molecule has 0 aliphatic rings. The van der Waals surface area contributed by atoms with Gasteiger partial charge in [-0.05, 0) is 43.3 Å². The number of phenols is 1. The molecule has 1 aromatic carbocycles. The van der Waals surface area contributed by atoms with Crippen molar-refractivity contribution >= 4 is 12.2 Å². The molecule has 0 fully saturated rings. The van der Waals surface area contributed by atoms with Crippen molar-refractivity contribution in [1.82, 2.24) is 14.8 Å². The molecular weight excluding hydrogens is 246 g/mol. The third kappa shape index (κ3) is 2.46. The molecule has 0 amide bonds. The number of aromatic nitrogens is 3. The van der Waals surface area contributed by atoms with Crippen molar-refractivity contribution in [3.8, 4) is 17.1 Å². The molecule has 4 nitrogen and oxygen atoms in total. The zero-order chi connectivity index (χ0) is 13.1. The van der Waals surface area contributed by atoms with Crippen LogP contribution in [0, 0.1) is 11.7 Å². The van der Waals surface area contributed by atoms with E-state index in [2.05, 4.69) is 17.1 Å². The van der Waals surface area contributed by atoms with Crippen molar-refractivity contribution in [1.29, 1.82) is 0 Å². The molecule has 96 valence electrons. The third-order valence-corrected chi connectivity index (χ3v) is 3.20. The highest BCUT2D eigenvalue weighted by Gasteiger charge is 2.12. The number of aryl methyl sites for hydroxylation is 1. The Morgan fingerprint density at radius 3 is 2.89 bits per heavy atom. The zero-order valence-electron chi connectivity index (χ0n) is 10.6. The van der Waals surface area contributed by atoms with E-state index in [1.165, 1.54) is 0 Å². The molecule has 5 heteroatoms. The van der Waals surface area contributed by atoms with Crippen molar-refractivity contribution in [2.24, 2.45) is 0 Å². The normalized spacial score (nSPS) is 10.8. The summed E-state index contributed by atoms with van der Waals surface area (Å²) in [5.41, 5.74) is 1.73. The van der Waals surface area contributed by atoms with Crippen LogP contribution in [0.25, 0.3) is 11.4 Å². The van der Waals surface area contributed by atoms with E-state index in [0.29, 0.717) is 16.2 Å². The highest BCUT2D eigenvalue weighted by atomic mass is 32.1. The lowest BCUT2D eigenvalue weighted by atomic mass is 10.1. The van der Waals surface area contributed by atoms with Gasteiger partial charge in [0.1, 0.15) is 5.75 Å². The molecule has 0 radical (unpaired) electrons. The van der Waals surface area contributed by atoms with E-state index in [1.54, 1.807) is 6.07 Å². The molecule has 0 aliphatic carbocycles. The molecular formula is C13H17N3OS. The summed E-state index contributed by atoms with van der Waals surface area (Å²) >= 11 is 5.22. The summed E-state index contributed by atoms with van der Waals surface area (Å²) in [6.45, 7) is 4.89. The minimum absolute atomic E-state index is 0.238. The second kappa shape index (κ2) is 5.35. The Morgan fingerprint density at radius 1 is 1.44 bits per heavy atom. The van der Waals surface area contributed by atoms with Crippen LogP contribution in [0.4, 0.5) is 0 Å². The maximum absolute atomic E-state index is 10.0. The lowest BCUT2D eigenvalue weighted by molar-refractivity contribution is 0.475. The summed E-state index contributed by atoms with van der Waals surface area (Å²) in [7, 11) is 0. The summed E-state index contributed by atoms with van der Waals surface area (Å²) in [6, 6.07) is 5.56. The van der Waals surface area contributed by atoms with Gasteiger partial charge in [0.15, 0.2) is 10.6 Å². The number of hydrogen-bond donors (Lipinski definition) is 2. The van der Waals surface area contributed by atoms with E-state index >= 15 is 0 Å². The summed E-state index contributed by atoms with van der Waals surface area (Å²) in [5.74, 6) is 0.938. The second-order valence-corrected chi connectivity index (χ2v) is 4.76. The van der Waals surface area contributed by atoms with Gasteiger partial charge in [-0.2, -0.15) is 5.10 Å². The van der Waals surface area contributed by atoms with Gasteiger partial charge in [-0.1, -0.05) is 19.4 Å². The third-order valence-electron chi connectivity index (χ3n) is 2.89. The van der Waals surface area contributed by atoms with Crippen LogP contribution in [0.1, 0.15) is 25.3 Å². The fourth-order valence-corrected chi connectivity index (χ4v) is 2.10. The molecule has 0 saturated carbocycles. The van der Waals surface area contributed by atoms with E-state index in [4.69, 9.17) is 12.2 Å². The van der Waals surface area contributed by atoms with Gasteiger partial charge in [-0.15, -0.1) is 0 Å². The first-order valence-electron chi connectivity index (χ1n) is 6.08. The Hall–Kier alpha value is -1.62. The van der Waals surface area contributed by atoms with Gasteiger partial charge in [-0.25, -0.2) is 0 Å². The number of H-pyrrole nitrogens is 1. The Morgan fingerprint density at radius 2 is 2.22 bits per heavy atom. The van der Waals surface area contributed by atoms with Crippen molar-refractivity contribution in [3.05, 3.63) is 28.5 Å². The highest BCUT2D eigenvalue weighted by Crippen LogP contribution is 2.28. The van der Waals surface area contributed by atoms with Gasteiger partial charge < -0.3 is 9.67 Å². The minimum atomic E-state index is 0.238. The SMILES string of the molecule is CCCCn1c(-c2ccc(C)cc2O)n[nH]c1=S. The average Bonchev–Trinajstić information content (AvgIpc) is 2.68. The van der Waals surface area contributed by atoms with E-state index in [-0.39, 0.29) is 5.75 Å². The minimum Gasteiger partial charge on any atom is -0.507 e. The summed E-state index contributed by atoms with van der Waals surface area (Å²) < 4.78 is 2.53. The topological polar surface area (TPSA) is 53.8 Å². The molecule has 0 atom stereocenters. The lowest BCUT2D eigenvalue weighted by Crippen LogP contribution is -2.01. The molecule has 1 heterocycles. The quantitative estimate of drug-likeness (QED) is 0.831. The predicted octanol–water partition coefficient (Wildman–Crippen LogP) is 3.42. The monoisotopic (exact) mass is 263 g/mol. The van der Waals surface area contributed by atoms with Crippen LogP contribution in [-0.4, -0.2) is 19.9 Å². The molecule has 0 saturated heterocycles. The number of unbranched alkanes of at least 4 members (excludes halogenated alkanes) is 1. The van der Waals surface area contributed by atoms with Crippen molar-refractivity contribution in [2.75, 3.05) is 0 Å². The van der Waals surface area contributed by atoms with Gasteiger partial charge in [0.25, 0.3) is 0 Å². The van der Waals surface area contributed by atoms with Crippen LogP contribution < -0.4 is 0 Å². The van der Waals surface area contributed by atoms with Crippen LogP contribution in [0.3, 0.4) is 0 Å². The highest BCUT2D eigenvalue weighted by molar-refractivity contribution is 7.71. The molecule has 0 spiro atoms. The molecule has 0 bridgehead atoms. The molecule has 18 heavy (non-hydrogen) atoms. The van der Waals surface area contributed by atoms with Crippen molar-refractivity contribution in [2.45, 2.75) is 33.2 Å². The number of nitrogens with one attached hydrogen (secondary N) is 1. The Balaban J connectivity index is 2.47. The Labute approximate surface area is 111 Å². The number of phenolic OH excluding ortho intramolecular Hbond substituents is 1. The lowest BCUT2D eigenvalue weighted by Gasteiger charge is -2.08. The number of rotatable bonds is 4. The summed E-state index contributed by atoms with van der Waals surface area (Å²) in [4.78, 5) is 0. The molecule has 2 rings (SSSR count). The van der Waals surface area contributed by atoms with E-state index in [0.717, 1.165) is 24.9 Å². The smallest absolute Gasteiger partial charge is 0.195 e. The van der Waals surface area contributed by atoms with Crippen LogP contribution in [0.2, 0.25) is 0 Å².